The van der Waals surface area contributed by atoms with E-state index in [0.29, 0.717) is 17.1 Å². The molecule has 0 aromatic carbocycles. The van der Waals surface area contributed by atoms with Gasteiger partial charge in [0.05, 0.1) is 0 Å². The van der Waals surface area contributed by atoms with Crippen LogP contribution < -0.4 is 0 Å². The van der Waals surface area contributed by atoms with Crippen LogP contribution in [-0.4, -0.2) is 51.3 Å². The van der Waals surface area contributed by atoms with Gasteiger partial charge in [0.2, 0.25) is 0 Å². The molecule has 5 nitrogen and oxygen atoms in total. The molecule has 0 amide bonds. The van der Waals surface area contributed by atoms with Crippen LogP contribution in [0.4, 0.5) is 26.3 Å². The van der Waals surface area contributed by atoms with Crippen molar-refractivity contribution < 1.29 is 43.9 Å². The van der Waals surface area contributed by atoms with E-state index in [4.69, 9.17) is 4.55 Å². The van der Waals surface area contributed by atoms with Gasteiger partial charge in [-0.25, -0.2) is 0 Å². The van der Waals surface area contributed by atoms with Crippen LogP contribution in [0.5, 0.6) is 0 Å². The Labute approximate surface area is 143 Å². The predicted octanol–water partition coefficient (Wildman–Crippen LogP) is 2.87. The Morgan fingerprint density at radius 3 is 2.04 bits per heavy atom. The highest BCUT2D eigenvalue weighted by molar-refractivity contribution is 7.90. The average Bonchev–Trinajstić information content (AvgIpc) is 2.52. The SMILES string of the molecule is O=S(=O)(O)C(F)(F)C(F)(F)C(F)(F)[S+]([O-])N1CCC2CCCCC2C1. The van der Waals surface area contributed by atoms with Crippen LogP contribution in [0.1, 0.15) is 32.1 Å². The quantitative estimate of drug-likeness (QED) is 0.423. The Morgan fingerprint density at radius 1 is 1.00 bits per heavy atom. The van der Waals surface area contributed by atoms with Gasteiger partial charge >= 0.3 is 26.5 Å². The maximum Gasteiger partial charge on any atom is 0.498 e. The van der Waals surface area contributed by atoms with Gasteiger partial charge in [-0.05, 0) is 24.7 Å². The lowest BCUT2D eigenvalue weighted by Crippen LogP contribution is -2.64. The zero-order valence-corrected chi connectivity index (χ0v) is 14.4. The Morgan fingerprint density at radius 2 is 1.52 bits per heavy atom. The van der Waals surface area contributed by atoms with Gasteiger partial charge in [-0.1, -0.05) is 19.3 Å². The first-order chi connectivity index (χ1) is 11.2. The summed E-state index contributed by atoms with van der Waals surface area (Å²) in [6.07, 6.45) is 3.51. The van der Waals surface area contributed by atoms with E-state index < -0.39 is 37.9 Å². The minimum atomic E-state index is -6.84. The summed E-state index contributed by atoms with van der Waals surface area (Å²) in [5.74, 6) is -6.53. The lowest BCUT2D eigenvalue weighted by Gasteiger charge is -2.42. The van der Waals surface area contributed by atoms with Crippen molar-refractivity contribution in [1.82, 2.24) is 4.31 Å². The second kappa shape index (κ2) is 6.73. The fraction of sp³-hybridized carbons (Fsp3) is 1.00. The summed E-state index contributed by atoms with van der Waals surface area (Å²) < 4.78 is 123. The summed E-state index contributed by atoms with van der Waals surface area (Å²) in [5.41, 5.74) is 0. The van der Waals surface area contributed by atoms with E-state index in [-0.39, 0.29) is 24.9 Å². The fourth-order valence-corrected chi connectivity index (χ4v) is 5.11. The highest BCUT2D eigenvalue weighted by Gasteiger charge is 2.84. The van der Waals surface area contributed by atoms with E-state index in [1.165, 1.54) is 0 Å². The van der Waals surface area contributed by atoms with Gasteiger partial charge in [0.15, 0.2) is 0 Å². The van der Waals surface area contributed by atoms with Gasteiger partial charge in [-0.15, -0.1) is 13.1 Å². The van der Waals surface area contributed by atoms with Crippen LogP contribution in [-0.2, 0) is 21.5 Å². The van der Waals surface area contributed by atoms with Crippen molar-refractivity contribution in [2.75, 3.05) is 13.1 Å². The number of alkyl halides is 6. The van der Waals surface area contributed by atoms with Gasteiger partial charge in [-0.2, -0.15) is 26.0 Å². The largest absolute Gasteiger partial charge is 0.593 e. The first-order valence-electron chi connectivity index (χ1n) is 7.51. The fourth-order valence-electron chi connectivity index (χ4n) is 3.32. The molecule has 2 aliphatic rings. The number of halogens is 6. The zero-order valence-electron chi connectivity index (χ0n) is 12.8. The molecule has 2 fully saturated rings. The van der Waals surface area contributed by atoms with Gasteiger partial charge in [0, 0.05) is 13.1 Å². The van der Waals surface area contributed by atoms with Crippen molar-refractivity contribution in [2.45, 2.75) is 48.5 Å². The highest BCUT2D eigenvalue weighted by atomic mass is 32.2. The maximum atomic E-state index is 13.9. The third-order valence-electron chi connectivity index (χ3n) is 4.76. The smallest absolute Gasteiger partial charge is 0.498 e. The molecule has 1 aliphatic heterocycles. The van der Waals surface area contributed by atoms with E-state index in [2.05, 4.69) is 0 Å². The van der Waals surface area contributed by atoms with Gasteiger partial charge in [0.1, 0.15) is 11.4 Å². The number of hydrogen-bond donors (Lipinski definition) is 1. The first-order valence-corrected chi connectivity index (χ1v) is 10.1. The standard InChI is InChI=1S/C12H17F6NO4S2/c13-10(14,12(17,18)25(21,22)23)11(15,16)24(20)19-6-5-8-3-1-2-4-9(8)7-19/h8-9H,1-7H2,(H,21,22,23). The Bertz CT molecular complexity index is 602. The molecule has 1 N–H and O–H groups in total. The van der Waals surface area contributed by atoms with Crippen molar-refractivity contribution in [3.63, 3.8) is 0 Å². The maximum absolute atomic E-state index is 13.9. The topological polar surface area (TPSA) is 80.7 Å². The molecule has 3 atom stereocenters. The molecule has 3 unspecified atom stereocenters. The minimum absolute atomic E-state index is 0.155. The second-order valence-electron chi connectivity index (χ2n) is 6.31. The highest BCUT2D eigenvalue weighted by Crippen LogP contribution is 2.52. The lowest BCUT2D eigenvalue weighted by molar-refractivity contribution is -0.247. The Kier molecular flexibility index (Phi) is 5.67. The van der Waals surface area contributed by atoms with Crippen LogP contribution in [0.3, 0.4) is 0 Å². The average molecular weight is 417 g/mol. The molecule has 25 heavy (non-hydrogen) atoms. The summed E-state index contributed by atoms with van der Waals surface area (Å²) in [6, 6.07) is 0. The van der Waals surface area contributed by atoms with Crippen LogP contribution in [0, 0.1) is 11.8 Å². The van der Waals surface area contributed by atoms with Crippen LogP contribution in [0.2, 0.25) is 0 Å². The molecule has 0 spiro atoms. The molecule has 1 saturated heterocycles. The molecule has 0 bridgehead atoms. The summed E-state index contributed by atoms with van der Waals surface area (Å²) in [7, 11) is -6.84. The van der Waals surface area contributed by atoms with Crippen LogP contribution in [0.25, 0.3) is 0 Å². The molecule has 1 heterocycles. The minimum Gasteiger partial charge on any atom is -0.593 e. The molecule has 1 saturated carbocycles. The lowest BCUT2D eigenvalue weighted by atomic mass is 9.76. The van der Waals surface area contributed by atoms with Crippen molar-refractivity contribution in [3.05, 3.63) is 0 Å². The molecular formula is C12H17F6NO4S2. The van der Waals surface area contributed by atoms with Crippen LogP contribution >= 0.6 is 0 Å². The van der Waals surface area contributed by atoms with Crippen molar-refractivity contribution in [1.29, 1.82) is 0 Å². The Balaban J connectivity index is 2.23. The number of rotatable bonds is 5. The molecule has 0 aromatic heterocycles. The molecule has 148 valence electrons. The summed E-state index contributed by atoms with van der Waals surface area (Å²) in [6.45, 7) is -0.475. The Hall–Kier alpha value is -0.240. The van der Waals surface area contributed by atoms with E-state index in [1.807, 2.05) is 0 Å². The molecule has 13 heteroatoms. The molecule has 1 aliphatic carbocycles. The summed E-state index contributed by atoms with van der Waals surface area (Å²) in [5, 5.41) is -12.4. The molecule has 0 radical (unpaired) electrons. The van der Waals surface area contributed by atoms with Crippen LogP contribution in [0.15, 0.2) is 0 Å². The molecular weight excluding hydrogens is 400 g/mol. The number of piperidine rings is 1. The van der Waals surface area contributed by atoms with Gasteiger partial charge in [-0.3, -0.25) is 4.55 Å². The monoisotopic (exact) mass is 417 g/mol. The summed E-state index contributed by atoms with van der Waals surface area (Å²) >= 11 is -3.89. The third kappa shape index (κ3) is 3.49. The molecule has 2 rings (SSSR count). The predicted molar refractivity (Wildman–Crippen MR) is 76.2 cm³/mol. The molecule has 0 aromatic rings. The van der Waals surface area contributed by atoms with E-state index >= 15 is 0 Å². The van der Waals surface area contributed by atoms with Crippen molar-refractivity contribution >= 4 is 21.5 Å². The summed E-state index contributed by atoms with van der Waals surface area (Å²) in [4.78, 5) is 0. The number of hydrogen-bond acceptors (Lipinski definition) is 4. The second-order valence-corrected chi connectivity index (χ2v) is 9.30. The third-order valence-corrected chi connectivity index (χ3v) is 7.16. The number of fused-ring (bicyclic) bond motifs is 1. The van der Waals surface area contributed by atoms with Crippen molar-refractivity contribution in [2.24, 2.45) is 11.8 Å². The van der Waals surface area contributed by atoms with Crippen molar-refractivity contribution in [3.8, 4) is 0 Å². The van der Waals surface area contributed by atoms with Gasteiger partial charge < -0.3 is 4.55 Å². The first kappa shape index (κ1) is 21.1. The van der Waals surface area contributed by atoms with E-state index in [9.17, 15) is 39.3 Å². The van der Waals surface area contributed by atoms with E-state index in [1.54, 1.807) is 0 Å². The number of nitrogens with zero attached hydrogens (tertiary/aromatic N) is 1. The zero-order chi connectivity index (χ0) is 19.3. The van der Waals surface area contributed by atoms with Gasteiger partial charge in [0.25, 0.3) is 0 Å². The van der Waals surface area contributed by atoms with E-state index in [0.717, 1.165) is 19.3 Å². The normalized spacial score (nSPS) is 28.5.